The summed E-state index contributed by atoms with van der Waals surface area (Å²) in [7, 11) is 0. The lowest BCUT2D eigenvalue weighted by atomic mass is 9.69. The fourth-order valence-electron chi connectivity index (χ4n) is 7.13. The molecule has 2 nitrogen and oxygen atoms in total. The van der Waals surface area contributed by atoms with Gasteiger partial charge >= 0.3 is 0 Å². The van der Waals surface area contributed by atoms with Crippen molar-refractivity contribution >= 4 is 6.29 Å². The molecule has 1 aromatic carbocycles. The Labute approximate surface area is 210 Å². The molecule has 34 heavy (non-hydrogen) atoms. The van der Waals surface area contributed by atoms with Crippen LogP contribution in [0.5, 0.6) is 5.75 Å². The van der Waals surface area contributed by atoms with E-state index in [-0.39, 0.29) is 0 Å². The summed E-state index contributed by atoms with van der Waals surface area (Å²) in [6.45, 7) is 4.59. The average Bonchev–Trinajstić information content (AvgIpc) is 2.89. The van der Waals surface area contributed by atoms with Crippen molar-refractivity contribution in [1.82, 2.24) is 0 Å². The largest absolute Gasteiger partial charge is 0.508 e. The summed E-state index contributed by atoms with van der Waals surface area (Å²) in [5.74, 6) is 5.46. The monoisotopic (exact) mass is 468 g/mol. The molecular formula is C32H52O2. The van der Waals surface area contributed by atoms with Gasteiger partial charge in [-0.1, -0.05) is 70.9 Å². The third-order valence-corrected chi connectivity index (χ3v) is 9.44. The van der Waals surface area contributed by atoms with Gasteiger partial charge in [0.2, 0.25) is 0 Å². The number of hydrogen-bond donors (Lipinski definition) is 1. The number of carbonyl (C=O) groups excluding carboxylic acids is 1. The Morgan fingerprint density at radius 3 is 1.76 bits per heavy atom. The van der Waals surface area contributed by atoms with E-state index in [0.29, 0.717) is 11.7 Å². The van der Waals surface area contributed by atoms with Gasteiger partial charge in [0.1, 0.15) is 12.0 Å². The van der Waals surface area contributed by atoms with E-state index in [1.165, 1.54) is 121 Å². The second-order valence-corrected chi connectivity index (χ2v) is 11.8. The number of carbonyl (C=O) groups is 1. The van der Waals surface area contributed by atoms with Crippen LogP contribution in [-0.2, 0) is 4.79 Å². The van der Waals surface area contributed by atoms with Crippen LogP contribution in [0.1, 0.15) is 134 Å². The Morgan fingerprint density at radius 2 is 1.24 bits per heavy atom. The molecule has 192 valence electrons. The lowest BCUT2D eigenvalue weighted by Gasteiger charge is -2.37. The number of aromatic hydroxyl groups is 1. The Bertz CT molecular complexity index is 657. The average molecular weight is 469 g/mol. The first-order valence-corrected chi connectivity index (χ1v) is 14.9. The van der Waals surface area contributed by atoms with Gasteiger partial charge in [0, 0.05) is 5.92 Å². The van der Waals surface area contributed by atoms with Gasteiger partial charge in [-0.15, -0.1) is 0 Å². The van der Waals surface area contributed by atoms with Gasteiger partial charge in [0.15, 0.2) is 0 Å². The number of benzene rings is 1. The highest BCUT2D eigenvalue weighted by Crippen LogP contribution is 2.42. The van der Waals surface area contributed by atoms with Gasteiger partial charge in [-0.3, -0.25) is 0 Å². The van der Waals surface area contributed by atoms with E-state index in [4.69, 9.17) is 0 Å². The quantitative estimate of drug-likeness (QED) is 0.386. The molecule has 0 bridgehead atoms. The smallest absolute Gasteiger partial charge is 0.123 e. The topological polar surface area (TPSA) is 37.3 Å². The second kappa shape index (κ2) is 14.9. The fourth-order valence-corrected chi connectivity index (χ4v) is 7.13. The van der Waals surface area contributed by atoms with E-state index in [0.717, 1.165) is 29.6 Å². The van der Waals surface area contributed by atoms with Gasteiger partial charge in [0.25, 0.3) is 0 Å². The molecule has 3 aliphatic rings. The Kier molecular flexibility index (Phi) is 12.0. The maximum Gasteiger partial charge on any atom is 0.123 e. The molecule has 0 aliphatic heterocycles. The molecule has 0 unspecified atom stereocenters. The Hall–Kier alpha value is -1.31. The lowest BCUT2D eigenvalue weighted by molar-refractivity contribution is -0.112. The number of phenols is 1. The molecule has 3 fully saturated rings. The van der Waals surface area contributed by atoms with Crippen molar-refractivity contribution in [1.29, 1.82) is 0 Å². The first-order valence-electron chi connectivity index (χ1n) is 14.9. The highest BCUT2D eigenvalue weighted by Gasteiger charge is 2.30. The molecule has 0 heterocycles. The van der Waals surface area contributed by atoms with E-state index in [9.17, 15) is 9.90 Å². The van der Waals surface area contributed by atoms with Crippen molar-refractivity contribution in [3.8, 4) is 5.75 Å². The van der Waals surface area contributed by atoms with E-state index < -0.39 is 0 Å². The van der Waals surface area contributed by atoms with Crippen LogP contribution in [0.2, 0.25) is 0 Å². The molecule has 4 rings (SSSR count). The van der Waals surface area contributed by atoms with Crippen LogP contribution >= 0.6 is 0 Å². The maximum atomic E-state index is 10.8. The zero-order valence-electron chi connectivity index (χ0n) is 22.2. The van der Waals surface area contributed by atoms with Crippen LogP contribution in [0.4, 0.5) is 0 Å². The first-order chi connectivity index (χ1) is 16.6. The van der Waals surface area contributed by atoms with Crippen LogP contribution < -0.4 is 0 Å². The zero-order valence-corrected chi connectivity index (χ0v) is 22.2. The molecule has 0 aromatic heterocycles. The lowest BCUT2D eigenvalue weighted by Crippen LogP contribution is -2.26. The molecule has 0 radical (unpaired) electrons. The molecule has 3 saturated carbocycles. The van der Waals surface area contributed by atoms with Gasteiger partial charge in [-0.2, -0.15) is 0 Å². The minimum Gasteiger partial charge on any atom is -0.508 e. The number of aldehydes is 1. The standard InChI is InChI=1S/C16H28O.C16H24O/c1-2-3-13-4-8-15(9-5-13)16-10-6-14(12-17)7-11-16;1-2-3-4-13-5-7-14(8-6-13)15-9-11-16(17)12-10-15/h12-16H,2-11H2,1H3;9-14,17H,2-8H2,1H3. The van der Waals surface area contributed by atoms with Crippen LogP contribution in [-0.4, -0.2) is 11.4 Å². The van der Waals surface area contributed by atoms with Crippen molar-refractivity contribution in [2.45, 2.75) is 129 Å². The Balaban J connectivity index is 0.000000191. The zero-order chi connectivity index (χ0) is 24.2. The van der Waals surface area contributed by atoms with E-state index in [1.54, 1.807) is 0 Å². The number of hydrogen-bond acceptors (Lipinski definition) is 2. The summed E-state index contributed by atoms with van der Waals surface area (Å²) in [5, 5.41) is 9.29. The normalized spacial score (nSPS) is 31.8. The number of unbranched alkanes of at least 4 members (excludes halogenated alkanes) is 1. The molecule has 0 spiro atoms. The highest BCUT2D eigenvalue weighted by molar-refractivity contribution is 5.53. The van der Waals surface area contributed by atoms with E-state index in [2.05, 4.69) is 26.0 Å². The maximum absolute atomic E-state index is 10.8. The summed E-state index contributed by atoms with van der Waals surface area (Å²) >= 11 is 0. The van der Waals surface area contributed by atoms with Crippen molar-refractivity contribution in [2.75, 3.05) is 0 Å². The summed E-state index contributed by atoms with van der Waals surface area (Å²) in [6, 6.07) is 7.82. The predicted octanol–water partition coefficient (Wildman–Crippen LogP) is 9.45. The molecule has 1 aromatic rings. The van der Waals surface area contributed by atoms with Crippen molar-refractivity contribution < 1.29 is 9.90 Å². The molecule has 3 aliphatic carbocycles. The minimum atomic E-state index is 0.380. The first kappa shape index (κ1) is 27.3. The van der Waals surface area contributed by atoms with E-state index >= 15 is 0 Å². The molecular weight excluding hydrogens is 416 g/mol. The summed E-state index contributed by atoms with van der Waals surface area (Å²) in [6.07, 6.45) is 24.5. The van der Waals surface area contributed by atoms with Gasteiger partial charge in [-0.05, 0) is 111 Å². The highest BCUT2D eigenvalue weighted by atomic mass is 16.3. The minimum absolute atomic E-state index is 0.380. The van der Waals surface area contributed by atoms with Crippen LogP contribution in [0.25, 0.3) is 0 Å². The van der Waals surface area contributed by atoms with Crippen molar-refractivity contribution in [3.05, 3.63) is 29.8 Å². The van der Waals surface area contributed by atoms with E-state index in [1.807, 2.05) is 12.1 Å². The molecule has 2 heteroatoms. The summed E-state index contributed by atoms with van der Waals surface area (Å²) in [5.41, 5.74) is 1.41. The fraction of sp³-hybridized carbons (Fsp3) is 0.781. The second-order valence-electron chi connectivity index (χ2n) is 11.8. The number of phenolic OH excluding ortho intramolecular Hbond substituents is 1. The summed E-state index contributed by atoms with van der Waals surface area (Å²) in [4.78, 5) is 10.8. The van der Waals surface area contributed by atoms with Crippen molar-refractivity contribution in [2.24, 2.45) is 29.6 Å². The van der Waals surface area contributed by atoms with Crippen LogP contribution in [0.15, 0.2) is 24.3 Å². The molecule has 0 saturated heterocycles. The molecule has 0 atom stereocenters. The SMILES string of the molecule is CCCC1CCC(C2CCC(C=O)CC2)CC1.CCCCC1CCC(c2ccc(O)cc2)CC1. The third kappa shape index (κ3) is 8.72. The van der Waals surface area contributed by atoms with Crippen LogP contribution in [0, 0.1) is 29.6 Å². The van der Waals surface area contributed by atoms with Gasteiger partial charge in [0.05, 0.1) is 0 Å². The van der Waals surface area contributed by atoms with Gasteiger partial charge in [-0.25, -0.2) is 0 Å². The predicted molar refractivity (Wildman–Crippen MR) is 144 cm³/mol. The van der Waals surface area contributed by atoms with Crippen LogP contribution in [0.3, 0.4) is 0 Å². The van der Waals surface area contributed by atoms with Gasteiger partial charge < -0.3 is 9.90 Å². The molecule has 0 amide bonds. The summed E-state index contributed by atoms with van der Waals surface area (Å²) < 4.78 is 0. The third-order valence-electron chi connectivity index (χ3n) is 9.44. The number of rotatable bonds is 8. The Morgan fingerprint density at radius 1 is 0.706 bits per heavy atom. The van der Waals surface area contributed by atoms with Crippen molar-refractivity contribution in [3.63, 3.8) is 0 Å². The molecule has 1 N–H and O–H groups in total.